The molecule has 4 heteroatoms. The number of hydrogen-bond donors (Lipinski definition) is 1. The zero-order chi connectivity index (χ0) is 15.5. The molecular weight excluding hydrogens is 264 g/mol. The second kappa shape index (κ2) is 6.24. The molecule has 0 atom stereocenters. The minimum Gasteiger partial charge on any atom is -0.383 e. The lowest BCUT2D eigenvalue weighted by molar-refractivity contribution is 0.186. The Balaban J connectivity index is 2.61. The average molecular weight is 286 g/mol. The van der Waals surface area contributed by atoms with E-state index in [0.29, 0.717) is 18.7 Å². The smallest absolute Gasteiger partial charge is 0.256 e. The van der Waals surface area contributed by atoms with Crippen LogP contribution in [0.25, 0.3) is 11.3 Å². The lowest BCUT2D eigenvalue weighted by Crippen LogP contribution is -2.38. The zero-order valence-electron chi connectivity index (χ0n) is 12.8. The molecule has 4 nitrogen and oxygen atoms in total. The van der Waals surface area contributed by atoms with Crippen LogP contribution in [0.2, 0.25) is 0 Å². The van der Waals surface area contributed by atoms with Crippen molar-refractivity contribution in [1.29, 1.82) is 0 Å². The number of methoxy groups -OCH3 is 1. The number of nitrogens with zero attached hydrogens (tertiary/aromatic N) is 1. The van der Waals surface area contributed by atoms with Gasteiger partial charge in [0.1, 0.15) is 0 Å². The average Bonchev–Trinajstić information content (AvgIpc) is 2.45. The van der Waals surface area contributed by atoms with Crippen molar-refractivity contribution in [2.24, 2.45) is 5.73 Å². The maximum Gasteiger partial charge on any atom is 0.256 e. The van der Waals surface area contributed by atoms with Gasteiger partial charge in [0.05, 0.1) is 12.3 Å². The number of rotatable bonds is 5. The molecule has 1 aromatic heterocycles. The molecule has 0 bridgehead atoms. The predicted octanol–water partition coefficient (Wildman–Crippen LogP) is 2.36. The third-order valence-corrected chi connectivity index (χ3v) is 3.46. The number of aromatic nitrogens is 1. The Bertz CT molecular complexity index is 655. The van der Waals surface area contributed by atoms with Crippen LogP contribution in [0.1, 0.15) is 19.4 Å². The molecule has 1 aromatic carbocycles. The Morgan fingerprint density at radius 3 is 2.38 bits per heavy atom. The second-order valence-corrected chi connectivity index (χ2v) is 5.67. The number of ether oxygens (including phenoxy) is 1. The molecule has 0 saturated heterocycles. The van der Waals surface area contributed by atoms with Gasteiger partial charge >= 0.3 is 0 Å². The molecule has 2 N–H and O–H groups in total. The highest BCUT2D eigenvalue weighted by Gasteiger charge is 2.20. The predicted molar refractivity (Wildman–Crippen MR) is 85.2 cm³/mol. The van der Waals surface area contributed by atoms with E-state index in [4.69, 9.17) is 10.5 Å². The fourth-order valence-electron chi connectivity index (χ4n) is 2.33. The standard InChI is InChI=1S/C17H22N2O2/c1-17(2,18)14-9-10-15(13-7-5-4-6-8-13)19(16(14)20)11-12-21-3/h4-10H,11-12,18H2,1-3H3. The van der Waals surface area contributed by atoms with Crippen molar-refractivity contribution in [2.75, 3.05) is 13.7 Å². The Hall–Kier alpha value is -1.91. The Morgan fingerprint density at radius 2 is 1.81 bits per heavy atom. The summed E-state index contributed by atoms with van der Waals surface area (Å²) in [4.78, 5) is 12.7. The SMILES string of the molecule is COCCn1c(-c2ccccc2)ccc(C(C)(C)N)c1=O. The molecule has 21 heavy (non-hydrogen) atoms. The summed E-state index contributed by atoms with van der Waals surface area (Å²) in [5, 5.41) is 0. The van der Waals surface area contributed by atoms with Crippen LogP contribution in [0.15, 0.2) is 47.3 Å². The van der Waals surface area contributed by atoms with E-state index in [1.54, 1.807) is 11.7 Å². The molecule has 1 heterocycles. The van der Waals surface area contributed by atoms with Gasteiger partial charge in [0.2, 0.25) is 0 Å². The van der Waals surface area contributed by atoms with Gasteiger partial charge in [0, 0.05) is 24.8 Å². The van der Waals surface area contributed by atoms with E-state index in [1.807, 2.05) is 56.3 Å². The number of pyridine rings is 1. The van der Waals surface area contributed by atoms with Crippen LogP contribution >= 0.6 is 0 Å². The van der Waals surface area contributed by atoms with Crippen molar-refractivity contribution >= 4 is 0 Å². The molecule has 0 aliphatic rings. The van der Waals surface area contributed by atoms with Gasteiger partial charge in [-0.05, 0) is 31.5 Å². The third kappa shape index (κ3) is 3.40. The van der Waals surface area contributed by atoms with E-state index < -0.39 is 5.54 Å². The van der Waals surface area contributed by atoms with E-state index in [1.165, 1.54) is 0 Å². The highest BCUT2D eigenvalue weighted by atomic mass is 16.5. The maximum atomic E-state index is 12.7. The summed E-state index contributed by atoms with van der Waals surface area (Å²) in [6, 6.07) is 13.6. The molecule has 0 aliphatic heterocycles. The highest BCUT2D eigenvalue weighted by Crippen LogP contribution is 2.20. The maximum absolute atomic E-state index is 12.7. The minimum absolute atomic E-state index is 0.0547. The molecule has 2 rings (SSSR count). The summed E-state index contributed by atoms with van der Waals surface area (Å²) < 4.78 is 6.87. The van der Waals surface area contributed by atoms with Crippen molar-refractivity contribution in [3.63, 3.8) is 0 Å². The molecule has 0 fully saturated rings. The van der Waals surface area contributed by atoms with Crippen LogP contribution in [0.4, 0.5) is 0 Å². The highest BCUT2D eigenvalue weighted by molar-refractivity contribution is 5.59. The molecule has 0 unspecified atom stereocenters. The first-order valence-corrected chi connectivity index (χ1v) is 7.02. The topological polar surface area (TPSA) is 57.2 Å². The van der Waals surface area contributed by atoms with Crippen molar-refractivity contribution in [3.8, 4) is 11.3 Å². The van der Waals surface area contributed by atoms with Crippen molar-refractivity contribution in [1.82, 2.24) is 4.57 Å². The van der Waals surface area contributed by atoms with Crippen LogP contribution in [0.3, 0.4) is 0 Å². The zero-order valence-corrected chi connectivity index (χ0v) is 12.8. The van der Waals surface area contributed by atoms with Crippen molar-refractivity contribution in [3.05, 3.63) is 58.4 Å². The summed E-state index contributed by atoms with van der Waals surface area (Å²) in [6.45, 7) is 4.66. The van der Waals surface area contributed by atoms with Crippen molar-refractivity contribution < 1.29 is 4.74 Å². The van der Waals surface area contributed by atoms with Gasteiger partial charge in [0.15, 0.2) is 0 Å². The summed E-state index contributed by atoms with van der Waals surface area (Å²) in [7, 11) is 1.63. The van der Waals surface area contributed by atoms with Gasteiger partial charge in [-0.3, -0.25) is 4.79 Å². The van der Waals surface area contributed by atoms with E-state index in [0.717, 1.165) is 11.3 Å². The van der Waals surface area contributed by atoms with E-state index in [-0.39, 0.29) is 5.56 Å². The number of benzene rings is 1. The van der Waals surface area contributed by atoms with Gasteiger partial charge in [-0.2, -0.15) is 0 Å². The fraction of sp³-hybridized carbons (Fsp3) is 0.353. The van der Waals surface area contributed by atoms with E-state index in [2.05, 4.69) is 0 Å². The number of hydrogen-bond acceptors (Lipinski definition) is 3. The van der Waals surface area contributed by atoms with Gasteiger partial charge in [-0.15, -0.1) is 0 Å². The summed E-state index contributed by atoms with van der Waals surface area (Å²) in [5.74, 6) is 0. The first-order chi connectivity index (χ1) is 9.95. The first kappa shape index (κ1) is 15.5. The van der Waals surface area contributed by atoms with Crippen molar-refractivity contribution in [2.45, 2.75) is 25.9 Å². The summed E-state index contributed by atoms with van der Waals surface area (Å²) >= 11 is 0. The summed E-state index contributed by atoms with van der Waals surface area (Å²) in [6.07, 6.45) is 0. The monoisotopic (exact) mass is 286 g/mol. The van der Waals surface area contributed by atoms with Crippen LogP contribution in [0.5, 0.6) is 0 Å². The second-order valence-electron chi connectivity index (χ2n) is 5.67. The normalized spacial score (nSPS) is 11.6. The Labute approximate surface area is 125 Å². The van der Waals surface area contributed by atoms with Crippen LogP contribution in [-0.4, -0.2) is 18.3 Å². The number of nitrogens with two attached hydrogens (primary N) is 1. The van der Waals surface area contributed by atoms with Gasteiger partial charge < -0.3 is 15.0 Å². The molecule has 2 aromatic rings. The van der Waals surface area contributed by atoms with Crippen LogP contribution in [-0.2, 0) is 16.8 Å². The molecule has 0 spiro atoms. The van der Waals surface area contributed by atoms with E-state index >= 15 is 0 Å². The molecule has 0 amide bonds. The largest absolute Gasteiger partial charge is 0.383 e. The Kier molecular flexibility index (Phi) is 4.60. The lowest BCUT2D eigenvalue weighted by Gasteiger charge is -2.21. The fourth-order valence-corrected chi connectivity index (χ4v) is 2.33. The van der Waals surface area contributed by atoms with Gasteiger partial charge in [0.25, 0.3) is 5.56 Å². The third-order valence-electron chi connectivity index (χ3n) is 3.46. The lowest BCUT2D eigenvalue weighted by atomic mass is 9.96. The summed E-state index contributed by atoms with van der Waals surface area (Å²) in [5.41, 5.74) is 7.88. The first-order valence-electron chi connectivity index (χ1n) is 7.02. The van der Waals surface area contributed by atoms with Crippen LogP contribution in [0, 0.1) is 0 Å². The van der Waals surface area contributed by atoms with Gasteiger partial charge in [-0.1, -0.05) is 30.3 Å². The quantitative estimate of drug-likeness (QED) is 0.918. The van der Waals surface area contributed by atoms with Gasteiger partial charge in [-0.25, -0.2) is 0 Å². The molecular formula is C17H22N2O2. The Morgan fingerprint density at radius 1 is 1.14 bits per heavy atom. The molecule has 0 saturated carbocycles. The van der Waals surface area contributed by atoms with Crippen LogP contribution < -0.4 is 11.3 Å². The molecule has 0 aliphatic carbocycles. The molecule has 112 valence electrons. The minimum atomic E-state index is -0.666. The van der Waals surface area contributed by atoms with E-state index in [9.17, 15) is 4.79 Å². The molecule has 0 radical (unpaired) electrons.